The first-order valence-corrected chi connectivity index (χ1v) is 8.77. The van der Waals surface area contributed by atoms with Crippen molar-refractivity contribution in [2.24, 2.45) is 0 Å². The monoisotopic (exact) mass is 361 g/mol. The summed E-state index contributed by atoms with van der Waals surface area (Å²) in [6.07, 6.45) is 3.46. The van der Waals surface area contributed by atoms with Crippen LogP contribution in [-0.2, 0) is 11.3 Å². The van der Waals surface area contributed by atoms with Crippen molar-refractivity contribution in [1.29, 1.82) is 0 Å². The minimum Gasteiger partial charge on any atom is -0.494 e. The highest BCUT2D eigenvalue weighted by atomic mass is 16.5. The molecule has 2 aromatic carbocycles. The third-order valence-corrected chi connectivity index (χ3v) is 3.96. The van der Waals surface area contributed by atoms with E-state index in [1.54, 1.807) is 53.4 Å². The average molecular weight is 361 g/mol. The first-order valence-electron chi connectivity index (χ1n) is 8.77. The molecule has 0 aliphatic carbocycles. The molecule has 0 radical (unpaired) electrons. The molecule has 1 heterocycles. The van der Waals surface area contributed by atoms with Crippen LogP contribution in [0, 0.1) is 0 Å². The van der Waals surface area contributed by atoms with E-state index < -0.39 is 0 Å². The van der Waals surface area contributed by atoms with Gasteiger partial charge in [0.25, 0.3) is 5.91 Å². The Morgan fingerprint density at radius 2 is 1.52 bits per heavy atom. The largest absolute Gasteiger partial charge is 0.494 e. The zero-order valence-corrected chi connectivity index (χ0v) is 15.1. The molecule has 0 fully saturated rings. The topological polar surface area (TPSA) is 59.3 Å². The van der Waals surface area contributed by atoms with E-state index in [1.807, 2.05) is 37.3 Å². The number of benzene rings is 2. The van der Waals surface area contributed by atoms with Gasteiger partial charge in [-0.1, -0.05) is 30.3 Å². The van der Waals surface area contributed by atoms with Gasteiger partial charge >= 0.3 is 0 Å². The van der Waals surface area contributed by atoms with E-state index in [9.17, 15) is 9.59 Å². The molecule has 136 valence electrons. The normalized spacial score (nSPS) is 10.3. The minimum absolute atomic E-state index is 0.0402. The summed E-state index contributed by atoms with van der Waals surface area (Å²) in [4.78, 5) is 24.6. The van der Waals surface area contributed by atoms with Gasteiger partial charge in [0.1, 0.15) is 5.75 Å². The van der Waals surface area contributed by atoms with Crippen molar-refractivity contribution in [3.63, 3.8) is 0 Å². The van der Waals surface area contributed by atoms with Gasteiger partial charge in [-0.05, 0) is 31.2 Å². The molecule has 27 heavy (non-hydrogen) atoms. The maximum atomic E-state index is 12.4. The lowest BCUT2D eigenvalue weighted by Gasteiger charge is -2.06. The summed E-state index contributed by atoms with van der Waals surface area (Å²) in [5.74, 6) is 0.580. The number of hydrogen-bond donors (Lipinski definition) is 1. The van der Waals surface area contributed by atoms with Crippen molar-refractivity contribution in [3.8, 4) is 5.75 Å². The Morgan fingerprint density at radius 3 is 2.15 bits per heavy atom. The third kappa shape index (κ3) is 5.01. The number of pyridine rings is 1. The zero-order chi connectivity index (χ0) is 19.1. The maximum Gasteiger partial charge on any atom is 0.290 e. The summed E-state index contributed by atoms with van der Waals surface area (Å²) in [6.45, 7) is 2.68. The highest BCUT2D eigenvalue weighted by molar-refractivity contribution is 6.08. The molecule has 1 N–H and O–H groups in total. The fourth-order valence-corrected chi connectivity index (χ4v) is 2.64. The Bertz CT molecular complexity index is 905. The Morgan fingerprint density at radius 1 is 0.889 bits per heavy atom. The molecular weight excluding hydrogens is 340 g/mol. The molecule has 0 bridgehead atoms. The number of ether oxygens (including phenoxy) is 1. The minimum atomic E-state index is -0.147. The number of rotatable bonds is 7. The standard InChI is InChI=1S/C22H20N2O3/c1-2-27-20-10-8-19(9-11-20)23-21(25)16-24-14-12-18(13-15-24)22(26)17-6-4-3-5-7-17/h3-15H,2,16H2,1H3/p+1. The molecule has 5 nitrogen and oxygen atoms in total. The van der Waals surface area contributed by atoms with Crippen LogP contribution in [-0.4, -0.2) is 18.3 Å². The van der Waals surface area contributed by atoms with Crippen LogP contribution < -0.4 is 14.6 Å². The van der Waals surface area contributed by atoms with Gasteiger partial charge in [0.05, 0.1) is 6.61 Å². The maximum absolute atomic E-state index is 12.4. The molecular formula is C22H21N2O3+. The summed E-state index contributed by atoms with van der Waals surface area (Å²) in [7, 11) is 0. The van der Waals surface area contributed by atoms with Crippen molar-refractivity contribution in [1.82, 2.24) is 0 Å². The van der Waals surface area contributed by atoms with Gasteiger partial charge in [0.15, 0.2) is 18.2 Å². The average Bonchev–Trinajstić information content (AvgIpc) is 2.70. The summed E-state index contributed by atoms with van der Waals surface area (Å²) in [5, 5.41) is 2.84. The SMILES string of the molecule is CCOc1ccc(NC(=O)C[n+]2ccc(C(=O)c3ccccc3)cc2)cc1. The molecule has 0 atom stereocenters. The van der Waals surface area contributed by atoms with Gasteiger partial charge < -0.3 is 10.1 Å². The van der Waals surface area contributed by atoms with E-state index in [2.05, 4.69) is 5.32 Å². The fourth-order valence-electron chi connectivity index (χ4n) is 2.64. The quantitative estimate of drug-likeness (QED) is 0.519. The van der Waals surface area contributed by atoms with Crippen LogP contribution in [0.2, 0.25) is 0 Å². The number of hydrogen-bond acceptors (Lipinski definition) is 3. The number of nitrogens with zero attached hydrogens (tertiary/aromatic N) is 1. The number of anilines is 1. The van der Waals surface area contributed by atoms with E-state index in [4.69, 9.17) is 4.74 Å². The van der Waals surface area contributed by atoms with E-state index in [0.717, 1.165) is 5.75 Å². The molecule has 3 rings (SSSR count). The molecule has 0 aliphatic rings. The number of nitrogens with one attached hydrogen (secondary N) is 1. The van der Waals surface area contributed by atoms with Gasteiger partial charge in [-0.25, -0.2) is 0 Å². The van der Waals surface area contributed by atoms with Gasteiger partial charge in [-0.3, -0.25) is 9.59 Å². The fraction of sp³-hybridized carbons (Fsp3) is 0.136. The smallest absolute Gasteiger partial charge is 0.290 e. The number of aromatic nitrogens is 1. The van der Waals surface area contributed by atoms with Crippen LogP contribution in [0.15, 0.2) is 79.1 Å². The van der Waals surface area contributed by atoms with Crippen LogP contribution >= 0.6 is 0 Å². The van der Waals surface area contributed by atoms with E-state index in [-0.39, 0.29) is 18.2 Å². The van der Waals surface area contributed by atoms with Crippen molar-refractivity contribution in [3.05, 3.63) is 90.3 Å². The first kappa shape index (κ1) is 18.3. The summed E-state index contributed by atoms with van der Waals surface area (Å²) in [5.41, 5.74) is 1.94. The Kier molecular flexibility index (Phi) is 5.94. The van der Waals surface area contributed by atoms with Gasteiger partial charge in [0.2, 0.25) is 6.54 Å². The zero-order valence-electron chi connectivity index (χ0n) is 15.1. The molecule has 3 aromatic rings. The number of carbonyl (C=O) groups is 2. The molecule has 0 saturated carbocycles. The molecule has 0 saturated heterocycles. The second kappa shape index (κ2) is 8.76. The van der Waals surface area contributed by atoms with Crippen LogP contribution in [0.1, 0.15) is 22.8 Å². The first-order chi connectivity index (χ1) is 13.2. The van der Waals surface area contributed by atoms with Crippen molar-refractivity contribution in [2.45, 2.75) is 13.5 Å². The lowest BCUT2D eigenvalue weighted by Crippen LogP contribution is -2.39. The van der Waals surface area contributed by atoms with Crippen molar-refractivity contribution in [2.75, 3.05) is 11.9 Å². The predicted molar refractivity (Wildman–Crippen MR) is 103 cm³/mol. The van der Waals surface area contributed by atoms with Crippen molar-refractivity contribution >= 4 is 17.4 Å². The Hall–Kier alpha value is -3.47. The van der Waals surface area contributed by atoms with Crippen LogP contribution in [0.4, 0.5) is 5.69 Å². The molecule has 0 unspecified atom stereocenters. The summed E-state index contributed by atoms with van der Waals surface area (Å²) in [6, 6.07) is 19.8. The number of carbonyl (C=O) groups excluding carboxylic acids is 2. The second-order valence-corrected chi connectivity index (χ2v) is 5.96. The Balaban J connectivity index is 1.59. The molecule has 1 aromatic heterocycles. The molecule has 0 spiro atoms. The number of ketones is 1. The van der Waals surface area contributed by atoms with Gasteiger partial charge in [-0.2, -0.15) is 4.57 Å². The third-order valence-electron chi connectivity index (χ3n) is 3.96. The molecule has 0 aliphatic heterocycles. The summed E-state index contributed by atoms with van der Waals surface area (Å²) >= 11 is 0. The van der Waals surface area contributed by atoms with Crippen LogP contribution in [0.5, 0.6) is 5.75 Å². The highest BCUT2D eigenvalue weighted by Gasteiger charge is 2.13. The predicted octanol–water partition coefficient (Wildman–Crippen LogP) is 3.24. The van der Waals surface area contributed by atoms with Crippen LogP contribution in [0.25, 0.3) is 0 Å². The lowest BCUT2D eigenvalue weighted by atomic mass is 10.0. The number of amides is 1. The second-order valence-electron chi connectivity index (χ2n) is 5.96. The van der Waals surface area contributed by atoms with Crippen molar-refractivity contribution < 1.29 is 18.9 Å². The molecule has 1 amide bonds. The Labute approximate surface area is 158 Å². The van der Waals surface area contributed by atoms with Gasteiger partial charge in [0, 0.05) is 28.9 Å². The van der Waals surface area contributed by atoms with Crippen LogP contribution in [0.3, 0.4) is 0 Å². The van der Waals surface area contributed by atoms with E-state index >= 15 is 0 Å². The lowest BCUT2D eigenvalue weighted by molar-refractivity contribution is -0.684. The van der Waals surface area contributed by atoms with E-state index in [0.29, 0.717) is 23.4 Å². The molecule has 5 heteroatoms. The summed E-state index contributed by atoms with van der Waals surface area (Å²) < 4.78 is 7.11. The van der Waals surface area contributed by atoms with Gasteiger partial charge in [-0.15, -0.1) is 0 Å². The van der Waals surface area contributed by atoms with E-state index in [1.165, 1.54) is 0 Å². The highest BCUT2D eigenvalue weighted by Crippen LogP contribution is 2.15.